The van der Waals surface area contributed by atoms with Gasteiger partial charge in [-0.2, -0.15) is 13.2 Å². The second kappa shape index (κ2) is 13.0. The molecule has 4 aromatic rings. The van der Waals surface area contributed by atoms with E-state index in [0.29, 0.717) is 46.6 Å². The molecule has 5 rings (SSSR count). The van der Waals surface area contributed by atoms with E-state index in [0.717, 1.165) is 49.1 Å². The first-order valence-electron chi connectivity index (χ1n) is 14.0. The zero-order valence-corrected chi connectivity index (χ0v) is 24.3. The van der Waals surface area contributed by atoms with Crippen molar-refractivity contribution in [1.82, 2.24) is 19.8 Å². The van der Waals surface area contributed by atoms with E-state index in [1.807, 2.05) is 24.3 Å². The molecule has 0 spiro atoms. The van der Waals surface area contributed by atoms with Gasteiger partial charge in [0.2, 0.25) is 5.91 Å². The van der Waals surface area contributed by atoms with Crippen molar-refractivity contribution in [3.8, 4) is 22.8 Å². The lowest BCUT2D eigenvalue weighted by Crippen LogP contribution is -2.57. The first-order valence-corrected chi connectivity index (χ1v) is 14.0. The van der Waals surface area contributed by atoms with Crippen LogP contribution in [0.25, 0.3) is 22.2 Å². The van der Waals surface area contributed by atoms with Crippen LogP contribution in [0.3, 0.4) is 0 Å². The number of benzene rings is 3. The van der Waals surface area contributed by atoms with Crippen molar-refractivity contribution in [3.63, 3.8) is 0 Å². The number of likely N-dealkylation sites (N-methyl/N-ethyl adjacent to an activating group) is 1. The quantitative estimate of drug-likeness (QED) is 0.230. The van der Waals surface area contributed by atoms with Gasteiger partial charge in [0, 0.05) is 48.4 Å². The summed E-state index contributed by atoms with van der Waals surface area (Å²) in [7, 11) is 5.82. The van der Waals surface area contributed by atoms with Gasteiger partial charge < -0.3 is 19.7 Å². The third-order valence-corrected chi connectivity index (χ3v) is 7.55. The van der Waals surface area contributed by atoms with E-state index in [4.69, 9.17) is 9.47 Å². The van der Waals surface area contributed by atoms with E-state index in [-0.39, 0.29) is 12.3 Å². The van der Waals surface area contributed by atoms with E-state index >= 15 is 0 Å². The van der Waals surface area contributed by atoms with Crippen molar-refractivity contribution in [2.24, 2.45) is 0 Å². The molecule has 2 heterocycles. The van der Waals surface area contributed by atoms with E-state index in [1.54, 1.807) is 19.2 Å². The van der Waals surface area contributed by atoms with Gasteiger partial charge in [-0.3, -0.25) is 9.69 Å². The van der Waals surface area contributed by atoms with Gasteiger partial charge in [0.25, 0.3) is 0 Å². The molecule has 226 valence electrons. The van der Waals surface area contributed by atoms with E-state index < -0.39 is 11.7 Å². The predicted molar refractivity (Wildman–Crippen MR) is 159 cm³/mol. The molecular formula is C32H34F3N5O3. The van der Waals surface area contributed by atoms with Gasteiger partial charge in [0.05, 0.1) is 36.9 Å². The number of nitrogens with zero attached hydrogens (tertiary/aromatic N) is 4. The Labute approximate surface area is 248 Å². The molecule has 8 nitrogen and oxygen atoms in total. The molecule has 1 saturated heterocycles. The highest BCUT2D eigenvalue weighted by molar-refractivity contribution is 5.95. The van der Waals surface area contributed by atoms with E-state index in [2.05, 4.69) is 39.2 Å². The van der Waals surface area contributed by atoms with E-state index in [9.17, 15) is 18.0 Å². The van der Waals surface area contributed by atoms with Crippen LogP contribution < -0.4 is 14.8 Å². The Morgan fingerprint density at radius 1 is 1.02 bits per heavy atom. The molecular weight excluding hydrogens is 559 g/mol. The fraction of sp³-hybridized carbons (Fsp3) is 0.344. The lowest BCUT2D eigenvalue weighted by Gasteiger charge is -2.42. The zero-order chi connectivity index (χ0) is 30.6. The fourth-order valence-corrected chi connectivity index (χ4v) is 5.00. The number of hydrogen-bond acceptors (Lipinski definition) is 7. The number of anilines is 1. The normalized spacial score (nSPS) is 14.1. The van der Waals surface area contributed by atoms with Gasteiger partial charge >= 0.3 is 6.18 Å². The number of rotatable bonds is 11. The third-order valence-electron chi connectivity index (χ3n) is 7.55. The molecule has 0 aliphatic carbocycles. The number of likely N-dealkylation sites (tertiary alicyclic amines) is 1. The average Bonchev–Trinajstić information content (AvgIpc) is 2.95. The molecule has 0 bridgehead atoms. The molecule has 1 N–H and O–H groups in total. The second-order valence-electron chi connectivity index (χ2n) is 10.8. The van der Waals surface area contributed by atoms with Crippen LogP contribution in [-0.4, -0.2) is 79.2 Å². The number of ether oxygens (including phenoxy) is 2. The Morgan fingerprint density at radius 2 is 1.74 bits per heavy atom. The Morgan fingerprint density at radius 3 is 2.40 bits per heavy atom. The minimum atomic E-state index is -4.41. The Hall–Kier alpha value is -4.22. The molecule has 1 aliphatic heterocycles. The van der Waals surface area contributed by atoms with Crippen LogP contribution in [0.5, 0.6) is 11.5 Å². The predicted octanol–water partition coefficient (Wildman–Crippen LogP) is 5.52. The van der Waals surface area contributed by atoms with Crippen molar-refractivity contribution in [1.29, 1.82) is 0 Å². The van der Waals surface area contributed by atoms with Crippen LogP contribution in [0.4, 0.5) is 18.9 Å². The number of hydrogen-bond donors (Lipinski definition) is 1. The SMILES string of the molecule is COc1cc2c(-c3ccc(NC(=O)Cc4ccc(C(F)(F)F)cc4)cc3)ncnc2cc1OCCCN1CC(N(C)C)C1. The van der Waals surface area contributed by atoms with Crippen molar-refractivity contribution in [2.45, 2.75) is 25.1 Å². The average molecular weight is 594 g/mol. The van der Waals surface area contributed by atoms with Crippen LogP contribution >= 0.6 is 0 Å². The van der Waals surface area contributed by atoms with Crippen LogP contribution in [0, 0.1) is 0 Å². The smallest absolute Gasteiger partial charge is 0.416 e. The molecule has 3 aromatic carbocycles. The van der Waals surface area contributed by atoms with Crippen LogP contribution in [0.15, 0.2) is 67.0 Å². The molecule has 0 unspecified atom stereocenters. The standard InChI is InChI=1S/C32H34F3N5O3/c1-39(2)25-18-40(19-25)13-4-14-43-29-17-27-26(16-28(29)42-3)31(37-20-36-27)22-7-11-24(12-8-22)38-30(41)15-21-5-9-23(10-6-21)32(33,34)35/h5-12,16-17,20,25H,4,13-15,18-19H2,1-3H3,(H,38,41). The van der Waals surface area contributed by atoms with Crippen molar-refractivity contribution in [2.75, 3.05) is 52.8 Å². The van der Waals surface area contributed by atoms with Crippen molar-refractivity contribution >= 4 is 22.5 Å². The van der Waals surface area contributed by atoms with Gasteiger partial charge in [-0.1, -0.05) is 24.3 Å². The number of amides is 1. The molecule has 1 amide bonds. The summed E-state index contributed by atoms with van der Waals surface area (Å²) in [5.74, 6) is 0.882. The summed E-state index contributed by atoms with van der Waals surface area (Å²) >= 11 is 0. The molecule has 11 heteroatoms. The summed E-state index contributed by atoms with van der Waals surface area (Å²) in [6.45, 7) is 3.72. The van der Waals surface area contributed by atoms with Crippen molar-refractivity contribution < 1.29 is 27.4 Å². The first-order chi connectivity index (χ1) is 20.6. The summed E-state index contributed by atoms with van der Waals surface area (Å²) in [6.07, 6.45) is -2.05. The number of carbonyl (C=O) groups excluding carboxylic acids is 1. The Balaban J connectivity index is 1.21. The Bertz CT molecular complexity index is 1550. The lowest BCUT2D eigenvalue weighted by molar-refractivity contribution is -0.137. The minimum absolute atomic E-state index is 0.0458. The first kappa shape index (κ1) is 30.2. The molecule has 0 atom stereocenters. The summed E-state index contributed by atoms with van der Waals surface area (Å²) < 4.78 is 50.1. The maximum absolute atomic E-state index is 12.8. The maximum atomic E-state index is 12.8. The highest BCUT2D eigenvalue weighted by Crippen LogP contribution is 2.36. The van der Waals surface area contributed by atoms with Gasteiger partial charge in [-0.25, -0.2) is 9.97 Å². The van der Waals surface area contributed by atoms with E-state index in [1.165, 1.54) is 18.5 Å². The maximum Gasteiger partial charge on any atom is 0.416 e. The summed E-state index contributed by atoms with van der Waals surface area (Å²) in [6, 6.07) is 16.1. The highest BCUT2D eigenvalue weighted by Gasteiger charge is 2.30. The van der Waals surface area contributed by atoms with Gasteiger partial charge in [-0.15, -0.1) is 0 Å². The van der Waals surface area contributed by atoms with Gasteiger partial charge in [-0.05, 0) is 56.4 Å². The monoisotopic (exact) mass is 593 g/mol. The number of fused-ring (bicyclic) bond motifs is 1. The summed E-state index contributed by atoms with van der Waals surface area (Å²) in [5, 5.41) is 3.58. The highest BCUT2D eigenvalue weighted by atomic mass is 19.4. The Kier molecular flexibility index (Phi) is 9.12. The number of methoxy groups -OCH3 is 1. The second-order valence-corrected chi connectivity index (χ2v) is 10.8. The lowest BCUT2D eigenvalue weighted by atomic mass is 10.1. The topological polar surface area (TPSA) is 79.8 Å². The molecule has 1 aromatic heterocycles. The van der Waals surface area contributed by atoms with Crippen molar-refractivity contribution in [3.05, 3.63) is 78.1 Å². The third kappa shape index (κ3) is 7.41. The summed E-state index contributed by atoms with van der Waals surface area (Å²) in [5.41, 5.74) is 2.53. The number of nitrogens with one attached hydrogen (secondary N) is 1. The number of aromatic nitrogens is 2. The minimum Gasteiger partial charge on any atom is -0.493 e. The van der Waals surface area contributed by atoms with Crippen LogP contribution in [0.1, 0.15) is 17.5 Å². The van der Waals surface area contributed by atoms with Gasteiger partial charge in [0.1, 0.15) is 6.33 Å². The van der Waals surface area contributed by atoms with Crippen LogP contribution in [0.2, 0.25) is 0 Å². The van der Waals surface area contributed by atoms with Gasteiger partial charge in [0.15, 0.2) is 11.5 Å². The van der Waals surface area contributed by atoms with Crippen LogP contribution in [-0.2, 0) is 17.4 Å². The fourth-order valence-electron chi connectivity index (χ4n) is 5.00. The molecule has 0 saturated carbocycles. The molecule has 1 fully saturated rings. The zero-order valence-electron chi connectivity index (χ0n) is 24.3. The number of alkyl halides is 3. The molecule has 43 heavy (non-hydrogen) atoms. The number of carbonyl (C=O) groups is 1. The molecule has 0 radical (unpaired) electrons. The largest absolute Gasteiger partial charge is 0.493 e. The molecule has 1 aliphatic rings. The summed E-state index contributed by atoms with van der Waals surface area (Å²) in [4.78, 5) is 26.1. The number of halogens is 3.